The van der Waals surface area contributed by atoms with Crippen LogP contribution in [0.25, 0.3) is 22.6 Å². The minimum atomic E-state index is -0.419. The zero-order chi connectivity index (χ0) is 20.2. The fraction of sp³-hybridized carbons (Fsp3) is 0.136. The molecular weight excluding hydrogens is 386 g/mol. The van der Waals surface area contributed by atoms with Crippen LogP contribution in [0.4, 0.5) is 5.69 Å². The van der Waals surface area contributed by atoms with Crippen molar-refractivity contribution in [3.05, 3.63) is 72.7 Å². The Balaban J connectivity index is 1.46. The highest BCUT2D eigenvalue weighted by atomic mass is 32.2. The molecule has 1 amide bonds. The van der Waals surface area contributed by atoms with Gasteiger partial charge in [-0.3, -0.25) is 4.79 Å². The van der Waals surface area contributed by atoms with Gasteiger partial charge in [-0.25, -0.2) is 0 Å². The fourth-order valence-corrected chi connectivity index (χ4v) is 3.56. The normalized spacial score (nSPS) is 11.9. The highest BCUT2D eigenvalue weighted by Crippen LogP contribution is 2.31. The molecule has 1 N–H and O–H groups in total. The van der Waals surface area contributed by atoms with E-state index in [0.29, 0.717) is 16.9 Å². The molecule has 0 saturated carbocycles. The predicted octanol–water partition coefficient (Wildman–Crippen LogP) is 5.42. The standard InChI is InChI=1S/C22H19N3O3S/c1-14-17(12-13-27-14)21-24-25-22(28-21)29-15(2)20(26)23-19-11-7-6-10-18(19)16-8-4-3-5-9-16/h3-13,15H,1-2H3,(H,23,26)/t15-/m1/s1. The maximum atomic E-state index is 12.8. The van der Waals surface area contributed by atoms with E-state index in [2.05, 4.69) is 15.5 Å². The molecule has 7 heteroatoms. The highest BCUT2D eigenvalue weighted by Gasteiger charge is 2.20. The largest absolute Gasteiger partial charge is 0.469 e. The SMILES string of the molecule is Cc1occc1-c1nnc(S[C@H](C)C(=O)Nc2ccccc2-c2ccccc2)o1. The second-order valence-corrected chi connectivity index (χ2v) is 7.72. The molecule has 0 bridgehead atoms. The molecule has 0 unspecified atom stereocenters. The molecule has 2 aromatic heterocycles. The van der Waals surface area contributed by atoms with Gasteiger partial charge in [0.05, 0.1) is 17.1 Å². The maximum absolute atomic E-state index is 12.8. The van der Waals surface area contributed by atoms with Gasteiger partial charge in [0.1, 0.15) is 5.76 Å². The molecule has 0 saturated heterocycles. The Bertz CT molecular complexity index is 1120. The minimum absolute atomic E-state index is 0.141. The van der Waals surface area contributed by atoms with Crippen LogP contribution in [0.1, 0.15) is 12.7 Å². The molecule has 146 valence electrons. The Kier molecular flexibility index (Phi) is 5.48. The van der Waals surface area contributed by atoms with Gasteiger partial charge >= 0.3 is 0 Å². The van der Waals surface area contributed by atoms with Crippen LogP contribution in [0.15, 0.2) is 81.0 Å². The van der Waals surface area contributed by atoms with E-state index in [-0.39, 0.29) is 5.91 Å². The zero-order valence-corrected chi connectivity index (χ0v) is 16.8. The summed E-state index contributed by atoms with van der Waals surface area (Å²) in [5.74, 6) is 0.937. The number of aryl methyl sites for hydroxylation is 1. The number of nitrogens with one attached hydrogen (secondary N) is 1. The summed E-state index contributed by atoms with van der Waals surface area (Å²) >= 11 is 1.21. The number of anilines is 1. The first-order chi connectivity index (χ1) is 14.1. The molecule has 0 aliphatic rings. The van der Waals surface area contributed by atoms with Crippen molar-refractivity contribution in [2.24, 2.45) is 0 Å². The molecule has 0 radical (unpaired) electrons. The van der Waals surface area contributed by atoms with E-state index in [4.69, 9.17) is 8.83 Å². The average molecular weight is 405 g/mol. The first-order valence-electron chi connectivity index (χ1n) is 9.12. The van der Waals surface area contributed by atoms with Gasteiger partial charge < -0.3 is 14.2 Å². The number of furan rings is 1. The number of carbonyl (C=O) groups is 1. The summed E-state index contributed by atoms with van der Waals surface area (Å²) in [6.45, 7) is 3.63. The molecule has 29 heavy (non-hydrogen) atoms. The highest BCUT2D eigenvalue weighted by molar-refractivity contribution is 8.00. The Labute approximate surface area is 172 Å². The number of amides is 1. The smallest absolute Gasteiger partial charge is 0.277 e. The van der Waals surface area contributed by atoms with Crippen LogP contribution in [0.5, 0.6) is 0 Å². The Hall–Kier alpha value is -3.32. The lowest BCUT2D eigenvalue weighted by Crippen LogP contribution is -2.22. The first kappa shape index (κ1) is 19.0. The number of nitrogens with zero attached hydrogens (tertiary/aromatic N) is 2. The monoisotopic (exact) mass is 405 g/mol. The van der Waals surface area contributed by atoms with Crippen molar-refractivity contribution in [1.82, 2.24) is 10.2 Å². The molecule has 4 rings (SSSR count). The van der Waals surface area contributed by atoms with Crippen LogP contribution in [-0.4, -0.2) is 21.4 Å². The summed E-state index contributed by atoms with van der Waals surface area (Å²) < 4.78 is 10.9. The number of para-hydroxylation sites is 1. The second-order valence-electron chi connectivity index (χ2n) is 6.42. The Morgan fingerprint density at radius 2 is 1.76 bits per heavy atom. The number of carbonyl (C=O) groups excluding carboxylic acids is 1. The van der Waals surface area contributed by atoms with E-state index in [1.807, 2.05) is 61.5 Å². The number of rotatable bonds is 6. The lowest BCUT2D eigenvalue weighted by atomic mass is 10.0. The van der Waals surface area contributed by atoms with Gasteiger partial charge in [0.2, 0.25) is 5.91 Å². The van der Waals surface area contributed by atoms with Gasteiger partial charge in [-0.05, 0) is 31.5 Å². The maximum Gasteiger partial charge on any atom is 0.277 e. The van der Waals surface area contributed by atoms with Crippen molar-refractivity contribution in [2.75, 3.05) is 5.32 Å². The Morgan fingerprint density at radius 3 is 2.52 bits per heavy atom. The van der Waals surface area contributed by atoms with Crippen LogP contribution in [0.3, 0.4) is 0 Å². The molecule has 0 spiro atoms. The Morgan fingerprint density at radius 1 is 1.00 bits per heavy atom. The van der Waals surface area contributed by atoms with Gasteiger partial charge in [-0.1, -0.05) is 60.3 Å². The molecule has 1 atom stereocenters. The molecule has 2 aromatic carbocycles. The van der Waals surface area contributed by atoms with Gasteiger partial charge in [-0.2, -0.15) is 0 Å². The first-order valence-corrected chi connectivity index (χ1v) is 9.99. The van der Waals surface area contributed by atoms with Gasteiger partial charge in [0.15, 0.2) is 0 Å². The molecule has 0 aliphatic heterocycles. The van der Waals surface area contributed by atoms with Crippen molar-refractivity contribution >= 4 is 23.4 Å². The van der Waals surface area contributed by atoms with Gasteiger partial charge in [0.25, 0.3) is 11.1 Å². The zero-order valence-electron chi connectivity index (χ0n) is 16.0. The van der Waals surface area contributed by atoms with E-state index in [1.54, 1.807) is 19.3 Å². The fourth-order valence-electron chi connectivity index (χ4n) is 2.87. The van der Waals surface area contributed by atoms with E-state index in [0.717, 1.165) is 22.4 Å². The lowest BCUT2D eigenvalue weighted by molar-refractivity contribution is -0.115. The summed E-state index contributed by atoms with van der Waals surface area (Å²) in [7, 11) is 0. The molecule has 6 nitrogen and oxygen atoms in total. The van der Waals surface area contributed by atoms with E-state index >= 15 is 0 Å². The van der Waals surface area contributed by atoms with Crippen molar-refractivity contribution < 1.29 is 13.6 Å². The van der Waals surface area contributed by atoms with E-state index in [9.17, 15) is 4.79 Å². The van der Waals surface area contributed by atoms with E-state index in [1.165, 1.54) is 11.8 Å². The number of benzene rings is 2. The number of aromatic nitrogens is 2. The van der Waals surface area contributed by atoms with Crippen molar-refractivity contribution in [1.29, 1.82) is 0 Å². The van der Waals surface area contributed by atoms with Crippen LogP contribution < -0.4 is 5.32 Å². The van der Waals surface area contributed by atoms with Crippen molar-refractivity contribution in [2.45, 2.75) is 24.3 Å². The van der Waals surface area contributed by atoms with Crippen LogP contribution >= 0.6 is 11.8 Å². The van der Waals surface area contributed by atoms with E-state index < -0.39 is 5.25 Å². The molecule has 4 aromatic rings. The summed E-state index contributed by atoms with van der Waals surface area (Å²) in [4.78, 5) is 12.8. The lowest BCUT2D eigenvalue weighted by Gasteiger charge is -2.14. The summed E-state index contributed by atoms with van der Waals surface area (Å²) in [5, 5.41) is 11.0. The predicted molar refractivity (Wildman–Crippen MR) is 113 cm³/mol. The van der Waals surface area contributed by atoms with Crippen LogP contribution in [0.2, 0.25) is 0 Å². The van der Waals surface area contributed by atoms with Crippen molar-refractivity contribution in [3.63, 3.8) is 0 Å². The quantitative estimate of drug-likeness (QED) is 0.431. The summed E-state index contributed by atoms with van der Waals surface area (Å²) in [6, 6.07) is 19.4. The van der Waals surface area contributed by atoms with Crippen LogP contribution in [0, 0.1) is 6.92 Å². The second kappa shape index (κ2) is 8.36. The van der Waals surface area contributed by atoms with Crippen LogP contribution in [-0.2, 0) is 4.79 Å². The number of thioether (sulfide) groups is 1. The number of hydrogen-bond donors (Lipinski definition) is 1. The number of hydrogen-bond acceptors (Lipinski definition) is 6. The molecule has 0 aliphatic carbocycles. The topological polar surface area (TPSA) is 81.2 Å². The third-order valence-corrected chi connectivity index (χ3v) is 5.35. The van der Waals surface area contributed by atoms with Gasteiger partial charge in [0, 0.05) is 11.3 Å². The van der Waals surface area contributed by atoms with Gasteiger partial charge in [-0.15, -0.1) is 10.2 Å². The summed E-state index contributed by atoms with van der Waals surface area (Å²) in [6.07, 6.45) is 1.57. The summed E-state index contributed by atoms with van der Waals surface area (Å²) in [5.41, 5.74) is 3.52. The third-order valence-electron chi connectivity index (χ3n) is 4.41. The van der Waals surface area contributed by atoms with Crippen molar-refractivity contribution in [3.8, 4) is 22.6 Å². The molecule has 0 fully saturated rings. The minimum Gasteiger partial charge on any atom is -0.469 e. The molecular formula is C22H19N3O3S. The third kappa shape index (κ3) is 4.25. The average Bonchev–Trinajstić information content (AvgIpc) is 3.37. The molecule has 2 heterocycles.